The molecule has 1 unspecified atom stereocenters. The van der Waals surface area contributed by atoms with Crippen molar-refractivity contribution in [2.45, 2.75) is 6.10 Å². The van der Waals surface area contributed by atoms with Crippen LogP contribution in [0.5, 0.6) is 5.75 Å². The molecule has 0 aromatic heterocycles. The topological polar surface area (TPSA) is 107 Å². The summed E-state index contributed by atoms with van der Waals surface area (Å²) < 4.78 is 0. The second-order valence-corrected chi connectivity index (χ2v) is 3.64. The first-order valence-corrected chi connectivity index (χ1v) is 4.97. The molecule has 1 rings (SSSR count). The number of halogens is 1. The number of rotatable bonds is 4. The van der Waals surface area contributed by atoms with Gasteiger partial charge in [-0.1, -0.05) is 11.6 Å². The monoisotopic (exact) mass is 259 g/mol. The van der Waals surface area contributed by atoms with Crippen LogP contribution in [0, 0.1) is 0 Å². The molecule has 1 aromatic rings. The molecule has 1 atom stereocenters. The number of aromatic hydroxyl groups is 1. The van der Waals surface area contributed by atoms with Crippen LogP contribution in [0.3, 0.4) is 0 Å². The van der Waals surface area contributed by atoms with Gasteiger partial charge in [0.15, 0.2) is 6.10 Å². The minimum absolute atomic E-state index is 0.00394. The summed E-state index contributed by atoms with van der Waals surface area (Å²) in [7, 11) is 0. The quantitative estimate of drug-likeness (QED) is 0.619. The van der Waals surface area contributed by atoms with Crippen molar-refractivity contribution in [3.63, 3.8) is 0 Å². The van der Waals surface area contributed by atoms with Gasteiger partial charge in [-0.3, -0.25) is 4.79 Å². The minimum atomic E-state index is -1.69. The van der Waals surface area contributed by atoms with E-state index >= 15 is 0 Å². The molecular weight excluding hydrogens is 250 g/mol. The van der Waals surface area contributed by atoms with Gasteiger partial charge in [0.2, 0.25) is 0 Å². The van der Waals surface area contributed by atoms with Crippen LogP contribution in [-0.2, 0) is 4.79 Å². The lowest BCUT2D eigenvalue weighted by Gasteiger charge is -2.09. The Bertz CT molecular complexity index is 448. The predicted molar refractivity (Wildman–Crippen MR) is 59.1 cm³/mol. The number of aliphatic hydroxyl groups is 1. The first-order valence-electron chi connectivity index (χ1n) is 4.59. The van der Waals surface area contributed by atoms with E-state index in [9.17, 15) is 9.59 Å². The highest BCUT2D eigenvalue weighted by Crippen LogP contribution is 2.20. The molecule has 1 amide bonds. The van der Waals surface area contributed by atoms with Crippen molar-refractivity contribution in [2.24, 2.45) is 0 Å². The maximum absolute atomic E-state index is 11.5. The summed E-state index contributed by atoms with van der Waals surface area (Å²) in [4.78, 5) is 21.8. The summed E-state index contributed by atoms with van der Waals surface area (Å²) in [6.45, 7) is -0.444. The van der Waals surface area contributed by atoms with Gasteiger partial charge in [0.1, 0.15) is 5.75 Å². The average molecular weight is 260 g/mol. The molecule has 0 aliphatic rings. The summed E-state index contributed by atoms with van der Waals surface area (Å²) in [6.07, 6.45) is -1.69. The number of aliphatic hydroxyl groups excluding tert-OH is 1. The second-order valence-electron chi connectivity index (χ2n) is 3.23. The predicted octanol–water partition coefficient (Wildman–Crippen LogP) is 0.221. The third kappa shape index (κ3) is 3.61. The molecule has 0 saturated heterocycles. The maximum atomic E-state index is 11.5. The highest BCUT2D eigenvalue weighted by molar-refractivity contribution is 6.33. The van der Waals surface area contributed by atoms with Gasteiger partial charge in [-0.05, 0) is 18.2 Å². The number of carbonyl (C=O) groups excluding carboxylic acids is 1. The molecule has 0 aliphatic carbocycles. The molecule has 4 N–H and O–H groups in total. The average Bonchev–Trinajstić information content (AvgIpc) is 2.28. The van der Waals surface area contributed by atoms with E-state index in [4.69, 9.17) is 26.9 Å². The Balaban J connectivity index is 2.70. The SMILES string of the molecule is O=C(NCC(O)C(=O)O)c1cc(O)ccc1Cl. The third-order valence-electron chi connectivity index (χ3n) is 1.94. The third-order valence-corrected chi connectivity index (χ3v) is 2.27. The summed E-state index contributed by atoms with van der Waals surface area (Å²) in [6, 6.07) is 3.79. The van der Waals surface area contributed by atoms with Crippen LogP contribution in [-0.4, -0.2) is 39.8 Å². The second kappa shape index (κ2) is 5.51. The van der Waals surface area contributed by atoms with Crippen LogP contribution in [0.2, 0.25) is 5.02 Å². The summed E-state index contributed by atoms with van der Waals surface area (Å²) in [5.41, 5.74) is 0.00394. The first-order chi connectivity index (χ1) is 7.91. The van der Waals surface area contributed by atoms with Crippen molar-refractivity contribution in [1.29, 1.82) is 0 Å². The van der Waals surface area contributed by atoms with Gasteiger partial charge in [0, 0.05) is 0 Å². The van der Waals surface area contributed by atoms with Crippen molar-refractivity contribution >= 4 is 23.5 Å². The van der Waals surface area contributed by atoms with Gasteiger partial charge < -0.3 is 20.6 Å². The van der Waals surface area contributed by atoms with Gasteiger partial charge in [-0.25, -0.2) is 4.79 Å². The molecule has 0 heterocycles. The zero-order valence-electron chi connectivity index (χ0n) is 8.55. The Labute approximate surface area is 101 Å². The Morgan fingerprint density at radius 2 is 2.06 bits per heavy atom. The van der Waals surface area contributed by atoms with Gasteiger partial charge >= 0.3 is 5.97 Å². The molecule has 0 spiro atoms. The number of carbonyl (C=O) groups is 2. The van der Waals surface area contributed by atoms with Crippen LogP contribution in [0.15, 0.2) is 18.2 Å². The van der Waals surface area contributed by atoms with Crippen LogP contribution in [0.25, 0.3) is 0 Å². The normalized spacial score (nSPS) is 11.9. The van der Waals surface area contributed by atoms with Gasteiger partial charge in [0.25, 0.3) is 5.91 Å². The van der Waals surface area contributed by atoms with Crippen molar-refractivity contribution in [2.75, 3.05) is 6.54 Å². The lowest BCUT2D eigenvalue weighted by Crippen LogP contribution is -2.36. The van der Waals surface area contributed by atoms with Gasteiger partial charge in [-0.15, -0.1) is 0 Å². The Morgan fingerprint density at radius 3 is 2.65 bits per heavy atom. The smallest absolute Gasteiger partial charge is 0.334 e. The van der Waals surface area contributed by atoms with E-state index in [1.54, 1.807) is 0 Å². The molecule has 17 heavy (non-hydrogen) atoms. The van der Waals surface area contributed by atoms with E-state index in [1.807, 2.05) is 0 Å². The van der Waals surface area contributed by atoms with E-state index in [2.05, 4.69) is 5.32 Å². The number of nitrogens with one attached hydrogen (secondary N) is 1. The van der Waals surface area contributed by atoms with Crippen LogP contribution < -0.4 is 5.32 Å². The van der Waals surface area contributed by atoms with Crippen molar-refractivity contribution in [3.8, 4) is 5.75 Å². The fourth-order valence-electron chi connectivity index (χ4n) is 1.06. The Morgan fingerprint density at radius 1 is 1.41 bits per heavy atom. The summed E-state index contributed by atoms with van der Waals surface area (Å²) >= 11 is 5.72. The molecular formula is C10H10ClNO5. The maximum Gasteiger partial charge on any atom is 0.334 e. The van der Waals surface area contributed by atoms with E-state index in [0.717, 1.165) is 6.07 Å². The molecule has 0 aliphatic heterocycles. The van der Waals surface area contributed by atoms with Crippen molar-refractivity contribution in [3.05, 3.63) is 28.8 Å². The van der Waals surface area contributed by atoms with Crippen LogP contribution in [0.4, 0.5) is 0 Å². The molecule has 0 radical (unpaired) electrons. The van der Waals surface area contributed by atoms with Gasteiger partial charge in [-0.2, -0.15) is 0 Å². The number of phenols is 1. The number of benzene rings is 1. The number of hydrogen-bond donors (Lipinski definition) is 4. The fourth-order valence-corrected chi connectivity index (χ4v) is 1.26. The molecule has 6 nitrogen and oxygen atoms in total. The number of hydrogen-bond acceptors (Lipinski definition) is 4. The zero-order chi connectivity index (χ0) is 13.0. The molecule has 7 heteroatoms. The number of phenolic OH excluding ortho intramolecular Hbond substituents is 1. The Kier molecular flexibility index (Phi) is 4.30. The summed E-state index contributed by atoms with van der Waals surface area (Å²) in [5.74, 6) is -2.25. The molecule has 0 fully saturated rings. The number of carboxylic acid groups (broad SMARTS) is 1. The number of amides is 1. The molecule has 92 valence electrons. The highest BCUT2D eigenvalue weighted by Gasteiger charge is 2.16. The van der Waals surface area contributed by atoms with E-state index < -0.39 is 24.5 Å². The largest absolute Gasteiger partial charge is 0.508 e. The molecule has 1 aromatic carbocycles. The lowest BCUT2D eigenvalue weighted by molar-refractivity contribution is -0.146. The Hall–Kier alpha value is -1.79. The highest BCUT2D eigenvalue weighted by atomic mass is 35.5. The number of aliphatic carboxylic acids is 1. The molecule has 0 bridgehead atoms. The van der Waals surface area contributed by atoms with Crippen LogP contribution >= 0.6 is 11.6 Å². The standard InChI is InChI=1S/C10H10ClNO5/c11-7-2-1-5(13)3-6(7)9(15)12-4-8(14)10(16)17/h1-3,8,13-14H,4H2,(H,12,15)(H,16,17). The van der Waals surface area contributed by atoms with Crippen molar-refractivity contribution in [1.82, 2.24) is 5.32 Å². The molecule has 0 saturated carbocycles. The fraction of sp³-hybridized carbons (Fsp3) is 0.200. The van der Waals surface area contributed by atoms with Gasteiger partial charge in [0.05, 0.1) is 17.1 Å². The first kappa shape index (κ1) is 13.3. The van der Waals surface area contributed by atoms with Crippen molar-refractivity contribution < 1.29 is 24.9 Å². The number of carboxylic acids is 1. The zero-order valence-corrected chi connectivity index (χ0v) is 9.31. The van der Waals surface area contributed by atoms with Crippen LogP contribution in [0.1, 0.15) is 10.4 Å². The summed E-state index contributed by atoms with van der Waals surface area (Å²) in [5, 5.41) is 28.8. The van der Waals surface area contributed by atoms with E-state index in [-0.39, 0.29) is 16.3 Å². The minimum Gasteiger partial charge on any atom is -0.508 e. The van der Waals surface area contributed by atoms with E-state index in [1.165, 1.54) is 12.1 Å². The lowest BCUT2D eigenvalue weighted by atomic mass is 10.2. The van der Waals surface area contributed by atoms with E-state index in [0.29, 0.717) is 0 Å².